The maximum absolute atomic E-state index is 14.0. The van der Waals surface area contributed by atoms with Crippen molar-refractivity contribution in [1.29, 1.82) is 0 Å². The van der Waals surface area contributed by atoms with Gasteiger partial charge < -0.3 is 9.64 Å². The van der Waals surface area contributed by atoms with Crippen LogP contribution in [0, 0.1) is 5.82 Å². The Morgan fingerprint density at radius 2 is 1.71 bits per heavy atom. The number of hydrogen-bond donors (Lipinski definition) is 0. The highest BCUT2D eigenvalue weighted by molar-refractivity contribution is 5.49. The molecule has 2 aliphatic heterocycles. The van der Waals surface area contributed by atoms with E-state index in [0.29, 0.717) is 6.04 Å². The SMILES string of the molecule is COc1ccc(N2CCN([C@@H]3CCCN(Cc4ccccc4F)C3)CC2)cc1. The number of nitrogens with zero attached hydrogens (tertiary/aromatic N) is 3. The van der Waals surface area contributed by atoms with Crippen LogP contribution >= 0.6 is 0 Å². The lowest BCUT2D eigenvalue weighted by Gasteiger charge is -2.44. The predicted octanol–water partition coefficient (Wildman–Crippen LogP) is 3.62. The third-order valence-corrected chi connectivity index (χ3v) is 6.10. The minimum Gasteiger partial charge on any atom is -0.497 e. The maximum Gasteiger partial charge on any atom is 0.127 e. The molecule has 0 unspecified atom stereocenters. The maximum atomic E-state index is 14.0. The van der Waals surface area contributed by atoms with E-state index in [-0.39, 0.29) is 5.82 Å². The first-order valence-corrected chi connectivity index (χ1v) is 10.3. The Labute approximate surface area is 167 Å². The standard InChI is InChI=1S/C23H30FN3O/c1-28-22-10-8-20(9-11-22)26-13-15-27(16-14-26)21-6-4-12-25(18-21)17-19-5-2-3-7-23(19)24/h2-3,5,7-11,21H,4,6,12-18H2,1H3/t21-/m1/s1. The van der Waals surface area contributed by atoms with Gasteiger partial charge in [0.2, 0.25) is 0 Å². The number of piperazine rings is 1. The van der Waals surface area contributed by atoms with Crippen LogP contribution in [0.15, 0.2) is 48.5 Å². The minimum absolute atomic E-state index is 0.0854. The fourth-order valence-electron chi connectivity index (χ4n) is 4.48. The molecule has 0 saturated carbocycles. The van der Waals surface area contributed by atoms with Crippen molar-refractivity contribution in [3.8, 4) is 5.75 Å². The zero-order valence-corrected chi connectivity index (χ0v) is 16.7. The molecular formula is C23H30FN3O. The third-order valence-electron chi connectivity index (χ3n) is 6.10. The number of likely N-dealkylation sites (tertiary alicyclic amines) is 1. The molecule has 0 aromatic heterocycles. The van der Waals surface area contributed by atoms with Crippen LogP contribution in [-0.2, 0) is 6.54 Å². The van der Waals surface area contributed by atoms with Crippen LogP contribution in [-0.4, -0.2) is 62.2 Å². The van der Waals surface area contributed by atoms with Gasteiger partial charge in [0.25, 0.3) is 0 Å². The van der Waals surface area contributed by atoms with E-state index in [0.717, 1.165) is 57.1 Å². The molecule has 2 aromatic carbocycles. The Balaban J connectivity index is 1.31. The lowest BCUT2D eigenvalue weighted by atomic mass is 10.0. The van der Waals surface area contributed by atoms with Crippen molar-refractivity contribution in [2.75, 3.05) is 51.3 Å². The average molecular weight is 384 g/mol. The van der Waals surface area contributed by atoms with Gasteiger partial charge in [0.15, 0.2) is 0 Å². The molecular weight excluding hydrogens is 353 g/mol. The van der Waals surface area contributed by atoms with Crippen molar-refractivity contribution >= 4 is 5.69 Å². The van der Waals surface area contributed by atoms with Gasteiger partial charge in [-0.15, -0.1) is 0 Å². The van der Waals surface area contributed by atoms with Crippen LogP contribution in [0.25, 0.3) is 0 Å². The molecule has 2 saturated heterocycles. The molecule has 0 N–H and O–H groups in total. The Kier molecular flexibility index (Phi) is 6.13. The number of anilines is 1. The van der Waals surface area contributed by atoms with Gasteiger partial charge in [-0.1, -0.05) is 18.2 Å². The van der Waals surface area contributed by atoms with Crippen molar-refractivity contribution < 1.29 is 9.13 Å². The number of methoxy groups -OCH3 is 1. The molecule has 2 heterocycles. The summed E-state index contributed by atoms with van der Waals surface area (Å²) in [6.07, 6.45) is 2.44. The average Bonchev–Trinajstić information content (AvgIpc) is 2.76. The lowest BCUT2D eigenvalue weighted by Crippen LogP contribution is -2.55. The highest BCUT2D eigenvalue weighted by atomic mass is 19.1. The Morgan fingerprint density at radius 1 is 0.964 bits per heavy atom. The predicted molar refractivity (Wildman–Crippen MR) is 111 cm³/mol. The first-order chi connectivity index (χ1) is 13.7. The van der Waals surface area contributed by atoms with Gasteiger partial charge in [0.05, 0.1) is 7.11 Å². The monoisotopic (exact) mass is 383 g/mol. The molecule has 1 atom stereocenters. The van der Waals surface area contributed by atoms with Crippen molar-refractivity contribution in [2.45, 2.75) is 25.4 Å². The van der Waals surface area contributed by atoms with E-state index < -0.39 is 0 Å². The summed E-state index contributed by atoms with van der Waals surface area (Å²) >= 11 is 0. The van der Waals surface area contributed by atoms with Gasteiger partial charge in [-0.05, 0) is 49.7 Å². The van der Waals surface area contributed by atoms with Crippen LogP contribution in [0.3, 0.4) is 0 Å². The van der Waals surface area contributed by atoms with E-state index in [4.69, 9.17) is 4.74 Å². The van der Waals surface area contributed by atoms with E-state index in [1.54, 1.807) is 19.2 Å². The molecule has 28 heavy (non-hydrogen) atoms. The van der Waals surface area contributed by atoms with E-state index in [9.17, 15) is 4.39 Å². The number of benzene rings is 2. The van der Waals surface area contributed by atoms with Gasteiger partial charge in [-0.3, -0.25) is 9.80 Å². The number of rotatable bonds is 5. The van der Waals surface area contributed by atoms with Crippen LogP contribution in [0.1, 0.15) is 18.4 Å². The number of halogens is 1. The molecule has 2 aromatic rings. The number of hydrogen-bond acceptors (Lipinski definition) is 4. The molecule has 0 spiro atoms. The van der Waals surface area contributed by atoms with Crippen molar-refractivity contribution in [2.24, 2.45) is 0 Å². The van der Waals surface area contributed by atoms with E-state index in [2.05, 4.69) is 26.8 Å². The van der Waals surface area contributed by atoms with Crippen LogP contribution in [0.4, 0.5) is 10.1 Å². The highest BCUT2D eigenvalue weighted by Crippen LogP contribution is 2.24. The fourth-order valence-corrected chi connectivity index (χ4v) is 4.48. The molecule has 2 fully saturated rings. The summed E-state index contributed by atoms with van der Waals surface area (Å²) in [6.45, 7) is 7.10. The topological polar surface area (TPSA) is 19.0 Å². The zero-order chi connectivity index (χ0) is 19.3. The molecule has 4 rings (SSSR count). The Bertz CT molecular complexity index is 759. The highest BCUT2D eigenvalue weighted by Gasteiger charge is 2.28. The first-order valence-electron chi connectivity index (χ1n) is 10.3. The summed E-state index contributed by atoms with van der Waals surface area (Å²) in [5.74, 6) is 0.817. The molecule has 0 amide bonds. The third kappa shape index (κ3) is 4.47. The Morgan fingerprint density at radius 3 is 2.43 bits per heavy atom. The fraction of sp³-hybridized carbons (Fsp3) is 0.478. The van der Waals surface area contributed by atoms with Gasteiger partial charge in [-0.2, -0.15) is 0 Å². The molecule has 2 aliphatic rings. The van der Waals surface area contributed by atoms with Crippen LogP contribution in [0.5, 0.6) is 5.75 Å². The van der Waals surface area contributed by atoms with Gasteiger partial charge in [0, 0.05) is 56.6 Å². The first kappa shape index (κ1) is 19.2. The second-order valence-electron chi connectivity index (χ2n) is 7.84. The van der Waals surface area contributed by atoms with E-state index >= 15 is 0 Å². The minimum atomic E-state index is -0.0854. The summed E-state index contributed by atoms with van der Waals surface area (Å²) in [5, 5.41) is 0. The van der Waals surface area contributed by atoms with E-state index in [1.165, 1.54) is 18.5 Å². The summed E-state index contributed by atoms with van der Waals surface area (Å²) in [5.41, 5.74) is 2.08. The van der Waals surface area contributed by atoms with Crippen molar-refractivity contribution in [1.82, 2.24) is 9.80 Å². The number of piperidine rings is 1. The largest absolute Gasteiger partial charge is 0.497 e. The van der Waals surface area contributed by atoms with Crippen LogP contribution in [0.2, 0.25) is 0 Å². The molecule has 0 radical (unpaired) electrons. The summed E-state index contributed by atoms with van der Waals surface area (Å²) in [4.78, 5) is 7.51. The molecule has 5 heteroatoms. The van der Waals surface area contributed by atoms with Gasteiger partial charge >= 0.3 is 0 Å². The second kappa shape index (κ2) is 8.93. The second-order valence-corrected chi connectivity index (χ2v) is 7.84. The molecule has 150 valence electrons. The number of ether oxygens (including phenoxy) is 1. The van der Waals surface area contributed by atoms with Crippen molar-refractivity contribution in [3.05, 3.63) is 59.9 Å². The van der Waals surface area contributed by atoms with Crippen molar-refractivity contribution in [3.63, 3.8) is 0 Å². The quantitative estimate of drug-likeness (QED) is 0.785. The molecule has 0 aliphatic carbocycles. The van der Waals surface area contributed by atoms with Gasteiger partial charge in [0.1, 0.15) is 11.6 Å². The molecule has 0 bridgehead atoms. The zero-order valence-electron chi connectivity index (χ0n) is 16.7. The normalized spacial score (nSPS) is 21.6. The van der Waals surface area contributed by atoms with E-state index in [1.807, 2.05) is 24.3 Å². The van der Waals surface area contributed by atoms with Gasteiger partial charge in [-0.25, -0.2) is 4.39 Å². The summed E-state index contributed by atoms with van der Waals surface area (Å²) in [6, 6.07) is 16.1. The Hall–Kier alpha value is -2.11. The summed E-state index contributed by atoms with van der Waals surface area (Å²) in [7, 11) is 1.70. The lowest BCUT2D eigenvalue weighted by molar-refractivity contribution is 0.0881. The van der Waals surface area contributed by atoms with Crippen LogP contribution < -0.4 is 9.64 Å². The summed E-state index contributed by atoms with van der Waals surface area (Å²) < 4.78 is 19.3. The molecule has 4 nitrogen and oxygen atoms in total. The smallest absolute Gasteiger partial charge is 0.127 e.